The van der Waals surface area contributed by atoms with Crippen LogP contribution in [0.5, 0.6) is 11.5 Å². The van der Waals surface area contributed by atoms with Crippen LogP contribution in [-0.2, 0) is 60.7 Å². The van der Waals surface area contributed by atoms with Crippen LogP contribution in [0.25, 0.3) is 21.5 Å². The van der Waals surface area contributed by atoms with Gasteiger partial charge in [0.05, 0.1) is 31.9 Å². The van der Waals surface area contributed by atoms with Crippen LogP contribution in [0.2, 0.25) is 0 Å². The first-order valence-electron chi connectivity index (χ1n) is 17.3. The van der Waals surface area contributed by atoms with E-state index in [-0.39, 0.29) is 0 Å². The number of benzene rings is 6. The Kier molecular flexibility index (Phi) is 12.8. The largest absolute Gasteiger partial charge is 0.507 e. The second kappa shape index (κ2) is 17.2. The summed E-state index contributed by atoms with van der Waals surface area (Å²) in [6.45, 7) is 0. The molecule has 0 saturated carbocycles. The zero-order chi connectivity index (χ0) is 50.9. The van der Waals surface area contributed by atoms with Gasteiger partial charge in [0.15, 0.2) is 0 Å². The number of urea groups is 1. The number of phenols is 2. The Bertz CT molecular complexity index is 3720. The van der Waals surface area contributed by atoms with Gasteiger partial charge in [-0.2, -0.15) is 50.5 Å². The Morgan fingerprint density at radius 2 is 0.750 bits per heavy atom. The number of amides is 2. The molecule has 0 saturated heterocycles. The molecule has 6 aromatic carbocycles. The number of carbonyl (C=O) groups excluding carboxylic acids is 1. The average molecular weight is 1060 g/mol. The summed E-state index contributed by atoms with van der Waals surface area (Å²) in [6.07, 6.45) is 0. The maximum absolute atomic E-state index is 13.0. The Labute approximate surface area is 381 Å². The Morgan fingerprint density at radius 3 is 1.04 bits per heavy atom. The topological polar surface area (TPSA) is 509 Å². The van der Waals surface area contributed by atoms with E-state index in [1.165, 1.54) is 0 Å². The summed E-state index contributed by atoms with van der Waals surface area (Å²) in [5.74, 6) is -1.96. The third-order valence-electron chi connectivity index (χ3n) is 8.99. The SMILES string of the molecule is Nc1c(S(=O)(=O)O)cc2cc(S(=O)(=O)O)cc(O)c2c1N=Nc1ccc(NC(=O)Nc2ccc(N=Nc3c(N)c(S(=O)(=O)O)cc4cc(S(=O)(=O)O)cc(O)c34)c(S(=O)(=O)O)c2)cc1S(=O)(=O)O. The lowest BCUT2D eigenvalue weighted by molar-refractivity contribution is 0.262. The highest BCUT2D eigenvalue weighted by Crippen LogP contribution is 2.46. The molecule has 0 aliphatic heterocycles. The number of aromatic hydroxyl groups is 2. The first-order valence-corrected chi connectivity index (χ1v) is 25.9. The fraction of sp³-hybridized carbons (Fsp3) is 0. The molecule has 0 radical (unpaired) electrons. The monoisotopic (exact) mass is 1060 g/mol. The standard InChI is InChI=1S/C33H26N8O21S6/c34-29-25(67(57,58)59)7-13-5-17(63(45,46)47)11-21(42)27(13)31(29)40-38-19-3-1-15(9-23(19)65(51,52)53)36-33(44)37-16-2-4-20(24(10-16)66(54,55)56)39-41-32-28-14(8-26(30(32)35)68(60,61)62)6-18(12-22(28)43)64(48,49)50/h1-12,42-43H,34-35H2,(H2,36,37,44)(H,45,46,47)(H,48,49,50)(H,51,52,53)(H,54,55,56)(H,57,58,59)(H,60,61,62). The zero-order valence-corrected chi connectivity index (χ0v) is 37.6. The molecular weight excluding hydrogens is 1040 g/mol. The number of nitrogens with two attached hydrogens (primary N) is 2. The van der Waals surface area contributed by atoms with Gasteiger partial charge in [-0.25, -0.2) is 4.79 Å². The molecule has 29 nitrogen and oxygen atoms in total. The van der Waals surface area contributed by atoms with Crippen LogP contribution >= 0.6 is 0 Å². The van der Waals surface area contributed by atoms with Crippen molar-refractivity contribution < 1.29 is 92.8 Å². The van der Waals surface area contributed by atoms with Crippen LogP contribution in [0.15, 0.2) is 123 Å². The van der Waals surface area contributed by atoms with Crippen LogP contribution in [0.3, 0.4) is 0 Å². The highest BCUT2D eigenvalue weighted by atomic mass is 32.2. The van der Waals surface area contributed by atoms with Gasteiger partial charge in [-0.05, 0) is 71.4 Å². The molecule has 0 spiro atoms. The van der Waals surface area contributed by atoms with Gasteiger partial charge in [0.2, 0.25) is 0 Å². The van der Waals surface area contributed by atoms with Crippen LogP contribution in [0.1, 0.15) is 0 Å². The number of rotatable bonds is 12. The molecule has 0 heterocycles. The van der Waals surface area contributed by atoms with E-state index >= 15 is 0 Å². The quantitative estimate of drug-likeness (QED) is 0.0455. The summed E-state index contributed by atoms with van der Waals surface area (Å²) < 4.78 is 204. The number of phenolic OH excluding ortho intramolecular Hbond substituents is 2. The number of nitrogens with one attached hydrogen (secondary N) is 2. The van der Waals surface area contributed by atoms with Crippen LogP contribution < -0.4 is 22.1 Å². The number of azo groups is 2. The normalized spacial score (nSPS) is 13.1. The van der Waals surface area contributed by atoms with E-state index in [4.69, 9.17) is 11.5 Å². The van der Waals surface area contributed by atoms with E-state index < -0.39 is 175 Å². The van der Waals surface area contributed by atoms with Crippen LogP contribution in [0.4, 0.5) is 50.3 Å². The number of anilines is 4. The average Bonchev–Trinajstić information content (AvgIpc) is 3.18. The molecular formula is C33H26N8O21S6. The van der Waals surface area contributed by atoms with E-state index in [1.54, 1.807) is 0 Å². The fourth-order valence-corrected chi connectivity index (χ4v) is 9.80. The van der Waals surface area contributed by atoms with E-state index in [0.29, 0.717) is 48.5 Å². The molecule has 6 aromatic rings. The lowest BCUT2D eigenvalue weighted by atomic mass is 10.1. The van der Waals surface area contributed by atoms with Crippen molar-refractivity contribution in [1.29, 1.82) is 0 Å². The van der Waals surface area contributed by atoms with Crippen LogP contribution in [-0.4, -0.2) is 94.1 Å². The van der Waals surface area contributed by atoms with Gasteiger partial charge in [0.1, 0.15) is 53.8 Å². The van der Waals surface area contributed by atoms with Gasteiger partial charge in [-0.1, -0.05) is 0 Å². The number of hydrogen-bond acceptors (Lipinski definition) is 21. The van der Waals surface area contributed by atoms with E-state index in [2.05, 4.69) is 31.1 Å². The summed E-state index contributed by atoms with van der Waals surface area (Å²) in [7, 11) is -31.1. The molecule has 360 valence electrons. The highest BCUT2D eigenvalue weighted by molar-refractivity contribution is 7.87. The van der Waals surface area contributed by atoms with Gasteiger partial charge in [0.25, 0.3) is 60.7 Å². The van der Waals surface area contributed by atoms with E-state index in [9.17, 15) is 92.8 Å². The maximum atomic E-state index is 13.0. The molecule has 0 atom stereocenters. The second-order valence-corrected chi connectivity index (χ2v) is 22.0. The van der Waals surface area contributed by atoms with Crippen molar-refractivity contribution in [2.45, 2.75) is 29.4 Å². The van der Waals surface area contributed by atoms with Crippen molar-refractivity contribution in [2.24, 2.45) is 20.5 Å². The summed E-state index contributed by atoms with van der Waals surface area (Å²) in [6, 6.07) is 7.07. The van der Waals surface area contributed by atoms with Crippen molar-refractivity contribution in [2.75, 3.05) is 22.1 Å². The van der Waals surface area contributed by atoms with Crippen molar-refractivity contribution in [1.82, 2.24) is 0 Å². The van der Waals surface area contributed by atoms with Crippen molar-refractivity contribution in [3.63, 3.8) is 0 Å². The van der Waals surface area contributed by atoms with E-state index in [1.807, 2.05) is 0 Å². The third kappa shape index (κ3) is 10.6. The molecule has 0 fully saturated rings. The molecule has 0 aliphatic carbocycles. The lowest BCUT2D eigenvalue weighted by Gasteiger charge is -2.13. The zero-order valence-electron chi connectivity index (χ0n) is 32.7. The molecule has 6 rings (SSSR count). The predicted octanol–water partition coefficient (Wildman–Crippen LogP) is 4.52. The van der Waals surface area contributed by atoms with Crippen LogP contribution in [0, 0.1) is 0 Å². The van der Waals surface area contributed by atoms with Gasteiger partial charge in [-0.15, -0.1) is 20.5 Å². The van der Waals surface area contributed by atoms with E-state index in [0.717, 1.165) is 24.3 Å². The summed E-state index contributed by atoms with van der Waals surface area (Å²) in [4.78, 5) is 6.76. The van der Waals surface area contributed by atoms with Gasteiger partial charge < -0.3 is 32.3 Å². The fourth-order valence-electron chi connectivity index (χ4n) is 6.12. The number of carbonyl (C=O) groups is 1. The molecule has 68 heavy (non-hydrogen) atoms. The smallest absolute Gasteiger partial charge is 0.323 e. The Hall–Kier alpha value is -7.03. The Balaban J connectivity index is 1.34. The molecule has 2 amide bonds. The van der Waals surface area contributed by atoms with Gasteiger partial charge in [-0.3, -0.25) is 27.3 Å². The van der Waals surface area contributed by atoms with Crippen molar-refractivity contribution in [3.05, 3.63) is 72.8 Å². The predicted molar refractivity (Wildman–Crippen MR) is 233 cm³/mol. The Morgan fingerprint density at radius 1 is 0.426 bits per heavy atom. The molecule has 14 N–H and O–H groups in total. The number of hydrogen-bond donors (Lipinski definition) is 12. The number of nitrogen functional groups attached to an aromatic ring is 2. The summed E-state index contributed by atoms with van der Waals surface area (Å²) in [5.41, 5.74) is 6.00. The molecule has 0 bridgehead atoms. The summed E-state index contributed by atoms with van der Waals surface area (Å²) in [5, 5.41) is 38.1. The first-order chi connectivity index (χ1) is 31.0. The third-order valence-corrected chi connectivity index (χ3v) is 14.2. The number of nitrogens with zero attached hydrogens (tertiary/aromatic N) is 4. The molecule has 0 unspecified atom stereocenters. The molecule has 0 aliphatic rings. The minimum atomic E-state index is -5.31. The van der Waals surface area contributed by atoms with Gasteiger partial charge in [0, 0.05) is 23.5 Å². The minimum absolute atomic E-state index is 0.438. The number of fused-ring (bicyclic) bond motifs is 2. The highest BCUT2D eigenvalue weighted by Gasteiger charge is 2.27. The first kappa shape index (κ1) is 50.4. The van der Waals surface area contributed by atoms with Crippen molar-refractivity contribution >= 4 is 134 Å². The molecule has 0 aromatic heterocycles. The van der Waals surface area contributed by atoms with Crippen molar-refractivity contribution in [3.8, 4) is 11.5 Å². The summed E-state index contributed by atoms with van der Waals surface area (Å²) >= 11 is 0. The lowest BCUT2D eigenvalue weighted by Crippen LogP contribution is -2.19. The second-order valence-electron chi connectivity index (χ2n) is 13.5. The maximum Gasteiger partial charge on any atom is 0.323 e. The minimum Gasteiger partial charge on any atom is -0.507 e. The molecule has 35 heteroatoms. The van der Waals surface area contributed by atoms with Gasteiger partial charge >= 0.3 is 6.03 Å².